The minimum absolute atomic E-state index is 0.118. The number of pyridine rings is 1. The fourth-order valence-electron chi connectivity index (χ4n) is 1.27. The second-order valence-electron chi connectivity index (χ2n) is 3.53. The van der Waals surface area contributed by atoms with E-state index in [-0.39, 0.29) is 4.32 Å². The molecule has 15 heavy (non-hydrogen) atoms. The second kappa shape index (κ2) is 4.11. The van der Waals surface area contributed by atoms with Gasteiger partial charge >= 0.3 is 0 Å². The molecule has 0 spiro atoms. The molecular formula is C12H11BrN2. The van der Waals surface area contributed by atoms with E-state index in [1.807, 2.05) is 30.4 Å². The fourth-order valence-corrected chi connectivity index (χ4v) is 1.52. The van der Waals surface area contributed by atoms with Crippen molar-refractivity contribution in [1.29, 1.82) is 0 Å². The van der Waals surface area contributed by atoms with Crippen LogP contribution >= 0.6 is 15.9 Å². The number of hydrogen-bond acceptors (Lipinski definition) is 2. The first kappa shape index (κ1) is 10.3. The molecule has 1 aromatic rings. The Hall–Kier alpha value is -1.22. The lowest BCUT2D eigenvalue weighted by atomic mass is 10.1. The number of aliphatic imine (C=N–C) groups is 1. The molecule has 1 aromatic heterocycles. The zero-order valence-corrected chi connectivity index (χ0v) is 9.98. The van der Waals surface area contributed by atoms with Gasteiger partial charge in [-0.15, -0.1) is 0 Å². The van der Waals surface area contributed by atoms with Gasteiger partial charge in [0, 0.05) is 12.4 Å². The summed E-state index contributed by atoms with van der Waals surface area (Å²) in [6.45, 7) is 2.07. The first-order valence-corrected chi connectivity index (χ1v) is 5.52. The average molecular weight is 263 g/mol. The van der Waals surface area contributed by atoms with Crippen LogP contribution in [0.2, 0.25) is 0 Å². The molecule has 0 bridgehead atoms. The Balaban J connectivity index is 2.34. The smallest absolute Gasteiger partial charge is 0.0885 e. The Morgan fingerprint density at radius 2 is 2.13 bits per heavy atom. The lowest BCUT2D eigenvalue weighted by Gasteiger charge is -2.09. The van der Waals surface area contributed by atoms with E-state index in [2.05, 4.69) is 38.9 Å². The Labute approximate surface area is 97.6 Å². The second-order valence-corrected chi connectivity index (χ2v) is 5.24. The normalized spacial score (nSPS) is 24.8. The van der Waals surface area contributed by atoms with Crippen LogP contribution in [-0.4, -0.2) is 15.0 Å². The van der Waals surface area contributed by atoms with Gasteiger partial charge in [0.2, 0.25) is 0 Å². The molecule has 0 radical (unpaired) electrons. The molecule has 0 saturated carbocycles. The molecule has 0 aliphatic carbocycles. The average Bonchev–Trinajstić information content (AvgIpc) is 2.41. The molecule has 0 aromatic carbocycles. The SMILES string of the molecule is CC1(Br)C=CN=C(c2ccccn2)C=C1. The fraction of sp³-hybridized carbons (Fsp3) is 0.167. The molecule has 0 amide bonds. The quantitative estimate of drug-likeness (QED) is 0.715. The highest BCUT2D eigenvalue weighted by atomic mass is 79.9. The predicted molar refractivity (Wildman–Crippen MR) is 66.4 cm³/mol. The molecule has 1 unspecified atom stereocenters. The van der Waals surface area contributed by atoms with Crippen LogP contribution in [0.4, 0.5) is 0 Å². The van der Waals surface area contributed by atoms with E-state index < -0.39 is 0 Å². The highest BCUT2D eigenvalue weighted by Crippen LogP contribution is 2.22. The molecule has 3 heteroatoms. The standard InChI is InChI=1S/C12H11BrN2/c1-12(13)6-5-11(15-9-7-12)10-4-2-3-8-14-10/h2-9H,1H3. The van der Waals surface area contributed by atoms with Gasteiger partial charge < -0.3 is 0 Å². The van der Waals surface area contributed by atoms with Crippen molar-refractivity contribution < 1.29 is 0 Å². The molecule has 0 fully saturated rings. The number of rotatable bonds is 1. The minimum Gasteiger partial charge on any atom is -0.255 e. The number of allylic oxidation sites excluding steroid dienone is 3. The number of aromatic nitrogens is 1. The largest absolute Gasteiger partial charge is 0.255 e. The summed E-state index contributed by atoms with van der Waals surface area (Å²) < 4.78 is -0.118. The Morgan fingerprint density at radius 3 is 2.87 bits per heavy atom. The van der Waals surface area contributed by atoms with Gasteiger partial charge in [0.15, 0.2) is 0 Å². The van der Waals surface area contributed by atoms with E-state index in [4.69, 9.17) is 0 Å². The summed E-state index contributed by atoms with van der Waals surface area (Å²) in [5, 5.41) is 0. The summed E-state index contributed by atoms with van der Waals surface area (Å²) in [6, 6.07) is 5.81. The van der Waals surface area contributed by atoms with E-state index in [9.17, 15) is 0 Å². The van der Waals surface area contributed by atoms with Crippen molar-refractivity contribution in [2.24, 2.45) is 4.99 Å². The van der Waals surface area contributed by atoms with Crippen LogP contribution in [0.5, 0.6) is 0 Å². The van der Waals surface area contributed by atoms with Crippen LogP contribution in [0.25, 0.3) is 0 Å². The molecule has 1 atom stereocenters. The Bertz CT molecular complexity index is 430. The third-order valence-electron chi connectivity index (χ3n) is 2.11. The van der Waals surface area contributed by atoms with Gasteiger partial charge in [0.25, 0.3) is 0 Å². The van der Waals surface area contributed by atoms with E-state index in [1.165, 1.54) is 0 Å². The van der Waals surface area contributed by atoms with Crippen LogP contribution in [0.3, 0.4) is 0 Å². The van der Waals surface area contributed by atoms with Crippen molar-refractivity contribution in [3.63, 3.8) is 0 Å². The summed E-state index contributed by atoms with van der Waals surface area (Å²) in [4.78, 5) is 8.61. The maximum Gasteiger partial charge on any atom is 0.0885 e. The van der Waals surface area contributed by atoms with Crippen LogP contribution in [-0.2, 0) is 0 Å². The highest BCUT2D eigenvalue weighted by Gasteiger charge is 2.14. The maximum atomic E-state index is 4.35. The van der Waals surface area contributed by atoms with Crippen LogP contribution in [0.15, 0.2) is 53.8 Å². The number of nitrogens with zero attached hydrogens (tertiary/aromatic N) is 2. The van der Waals surface area contributed by atoms with E-state index in [0.29, 0.717) is 0 Å². The van der Waals surface area contributed by atoms with Gasteiger partial charge in [-0.25, -0.2) is 0 Å². The van der Waals surface area contributed by atoms with Crippen molar-refractivity contribution >= 4 is 21.6 Å². The van der Waals surface area contributed by atoms with Crippen LogP contribution in [0, 0.1) is 0 Å². The topological polar surface area (TPSA) is 25.2 Å². The van der Waals surface area contributed by atoms with Crippen LogP contribution < -0.4 is 0 Å². The number of halogens is 1. The van der Waals surface area contributed by atoms with Gasteiger partial charge in [-0.3, -0.25) is 9.98 Å². The minimum atomic E-state index is -0.118. The zero-order valence-electron chi connectivity index (χ0n) is 8.39. The number of alkyl halides is 1. The zero-order chi connectivity index (χ0) is 10.7. The summed E-state index contributed by atoms with van der Waals surface area (Å²) >= 11 is 3.58. The molecule has 76 valence electrons. The molecule has 2 rings (SSSR count). The molecule has 1 aliphatic heterocycles. The van der Waals surface area contributed by atoms with Crippen molar-refractivity contribution in [2.45, 2.75) is 11.2 Å². The third kappa shape index (κ3) is 2.63. The molecule has 2 heterocycles. The summed E-state index contributed by atoms with van der Waals surface area (Å²) in [5.41, 5.74) is 1.78. The van der Waals surface area contributed by atoms with Crippen molar-refractivity contribution in [2.75, 3.05) is 0 Å². The van der Waals surface area contributed by atoms with E-state index in [0.717, 1.165) is 11.4 Å². The summed E-state index contributed by atoms with van der Waals surface area (Å²) in [5.74, 6) is 0. The lowest BCUT2D eigenvalue weighted by Crippen LogP contribution is -2.06. The van der Waals surface area contributed by atoms with E-state index >= 15 is 0 Å². The molecule has 2 nitrogen and oxygen atoms in total. The van der Waals surface area contributed by atoms with Crippen molar-refractivity contribution in [3.05, 3.63) is 54.5 Å². The lowest BCUT2D eigenvalue weighted by molar-refractivity contribution is 1.03. The molecule has 0 saturated heterocycles. The summed E-state index contributed by atoms with van der Waals surface area (Å²) in [7, 11) is 0. The van der Waals surface area contributed by atoms with Gasteiger partial charge in [-0.05, 0) is 31.2 Å². The van der Waals surface area contributed by atoms with Gasteiger partial charge in [0.1, 0.15) is 0 Å². The maximum absolute atomic E-state index is 4.35. The number of hydrogen-bond donors (Lipinski definition) is 0. The highest BCUT2D eigenvalue weighted by molar-refractivity contribution is 9.10. The van der Waals surface area contributed by atoms with Crippen LogP contribution in [0.1, 0.15) is 12.6 Å². The summed E-state index contributed by atoms with van der Waals surface area (Å²) in [6.07, 6.45) is 9.62. The first-order valence-electron chi connectivity index (χ1n) is 4.72. The Morgan fingerprint density at radius 1 is 1.27 bits per heavy atom. The van der Waals surface area contributed by atoms with Crippen molar-refractivity contribution in [1.82, 2.24) is 4.98 Å². The molecule has 0 N–H and O–H groups in total. The first-order chi connectivity index (χ1) is 7.17. The monoisotopic (exact) mass is 262 g/mol. The third-order valence-corrected chi connectivity index (χ3v) is 2.64. The van der Waals surface area contributed by atoms with E-state index in [1.54, 1.807) is 12.4 Å². The van der Waals surface area contributed by atoms with Gasteiger partial charge in [0.05, 0.1) is 15.7 Å². The van der Waals surface area contributed by atoms with Gasteiger partial charge in [-0.2, -0.15) is 0 Å². The molecule has 1 aliphatic rings. The van der Waals surface area contributed by atoms with Crippen molar-refractivity contribution in [3.8, 4) is 0 Å². The van der Waals surface area contributed by atoms with Gasteiger partial charge in [-0.1, -0.05) is 28.1 Å². The predicted octanol–water partition coefficient (Wildman–Crippen LogP) is 3.11. The Kier molecular flexibility index (Phi) is 2.82. The molecular weight excluding hydrogens is 252 g/mol.